The zero-order valence-electron chi connectivity index (χ0n) is 21.0. The third-order valence-electron chi connectivity index (χ3n) is 5.94. The number of aliphatic hydroxyl groups excluding tert-OH is 3. The Morgan fingerprint density at radius 2 is 2.00 bits per heavy atom. The maximum atomic E-state index is 13.1. The van der Waals surface area contributed by atoms with E-state index in [0.29, 0.717) is 39.0 Å². The van der Waals surface area contributed by atoms with Crippen molar-refractivity contribution >= 4 is 34.4 Å². The van der Waals surface area contributed by atoms with E-state index in [0.717, 1.165) is 6.42 Å². The zero-order chi connectivity index (χ0) is 26.7. The summed E-state index contributed by atoms with van der Waals surface area (Å²) in [6, 6.07) is 2.65. The molecule has 1 aromatic carbocycles. The van der Waals surface area contributed by atoms with E-state index >= 15 is 0 Å². The van der Waals surface area contributed by atoms with Gasteiger partial charge >= 0.3 is 0 Å². The third kappa shape index (κ3) is 8.04. The minimum atomic E-state index is -1.14. The number of halogens is 1. The molecular weight excluding hydrogens is 583 g/mol. The number of benzene rings is 1. The highest BCUT2D eigenvalue weighted by Crippen LogP contribution is 2.37. The van der Waals surface area contributed by atoms with Crippen molar-refractivity contribution in [1.82, 2.24) is 10.2 Å². The maximum absolute atomic E-state index is 13.1. The predicted molar refractivity (Wildman–Crippen MR) is 142 cm³/mol. The highest BCUT2D eigenvalue weighted by atomic mass is 127. The van der Waals surface area contributed by atoms with Gasteiger partial charge in [-0.25, -0.2) is 0 Å². The van der Waals surface area contributed by atoms with Crippen LogP contribution in [0.3, 0.4) is 0 Å². The summed E-state index contributed by atoms with van der Waals surface area (Å²) in [6.07, 6.45) is 1.44. The Bertz CT molecular complexity index is 910. The molecule has 0 saturated heterocycles. The van der Waals surface area contributed by atoms with Crippen LogP contribution >= 0.6 is 22.6 Å². The lowest BCUT2D eigenvalue weighted by Gasteiger charge is -2.40. The molecule has 0 heterocycles. The number of hydrogen-bond donors (Lipinski definition) is 4. The molecule has 2 rings (SSSR count). The lowest BCUT2D eigenvalue weighted by Crippen LogP contribution is -2.55. The standard InChI is InChI=1S/C25H37IN2O8/c1-4-5-6-22(31)28(8-10-34-2)19-13-17(25(33)27-7-9-29)14-20(23(19)32)36-24-18(26)11-16(15-30)12-21(24)35-3/h11-12,14,19-20,23,29-30,32H,4-10,13,15H2,1-3H3,(H,27,33). The molecule has 0 saturated carbocycles. The summed E-state index contributed by atoms with van der Waals surface area (Å²) < 4.78 is 17.5. The molecule has 0 spiro atoms. The molecule has 0 bridgehead atoms. The van der Waals surface area contributed by atoms with Gasteiger partial charge in [-0.05, 0) is 52.8 Å². The minimum absolute atomic E-state index is 0.0755. The molecule has 0 aliphatic heterocycles. The molecule has 3 unspecified atom stereocenters. The van der Waals surface area contributed by atoms with Crippen molar-refractivity contribution in [2.45, 2.75) is 57.5 Å². The van der Waals surface area contributed by atoms with Crippen LogP contribution in [0.1, 0.15) is 38.2 Å². The Balaban J connectivity index is 2.47. The number of hydrogen-bond acceptors (Lipinski definition) is 8. The largest absolute Gasteiger partial charge is 0.493 e. The van der Waals surface area contributed by atoms with E-state index in [-0.39, 0.29) is 45.2 Å². The van der Waals surface area contributed by atoms with Crippen LogP contribution in [0, 0.1) is 3.57 Å². The van der Waals surface area contributed by atoms with Gasteiger partial charge in [-0.3, -0.25) is 9.59 Å². The normalized spacial score (nSPS) is 19.4. The fourth-order valence-electron chi connectivity index (χ4n) is 4.03. The molecule has 1 aromatic rings. The van der Waals surface area contributed by atoms with Crippen LogP contribution in [0.4, 0.5) is 0 Å². The fourth-order valence-corrected chi connectivity index (χ4v) is 4.82. The van der Waals surface area contributed by atoms with Crippen LogP contribution in [0.5, 0.6) is 11.5 Å². The molecule has 10 nitrogen and oxygen atoms in total. The summed E-state index contributed by atoms with van der Waals surface area (Å²) in [5.41, 5.74) is 0.980. The SMILES string of the molecule is CCCCC(=O)N(CCOC)C1CC(C(=O)NCCO)=CC(Oc2c(I)cc(CO)cc2OC)C1O. The van der Waals surface area contributed by atoms with E-state index in [4.69, 9.17) is 19.3 Å². The highest BCUT2D eigenvalue weighted by molar-refractivity contribution is 14.1. The summed E-state index contributed by atoms with van der Waals surface area (Å²) >= 11 is 2.05. The monoisotopic (exact) mass is 620 g/mol. The number of amides is 2. The maximum Gasteiger partial charge on any atom is 0.247 e. The van der Waals surface area contributed by atoms with Gasteiger partial charge in [-0.2, -0.15) is 0 Å². The van der Waals surface area contributed by atoms with Gasteiger partial charge in [-0.15, -0.1) is 0 Å². The second-order valence-electron chi connectivity index (χ2n) is 8.47. The minimum Gasteiger partial charge on any atom is -0.493 e. The van der Waals surface area contributed by atoms with E-state index in [1.807, 2.05) is 6.92 Å². The zero-order valence-corrected chi connectivity index (χ0v) is 23.2. The van der Waals surface area contributed by atoms with Gasteiger partial charge in [0.2, 0.25) is 11.8 Å². The number of unbranched alkanes of at least 4 members (excludes halogenated alkanes) is 1. The lowest BCUT2D eigenvalue weighted by molar-refractivity contribution is -0.139. The van der Waals surface area contributed by atoms with Gasteiger partial charge in [-0.1, -0.05) is 13.3 Å². The number of ether oxygens (including phenoxy) is 3. The average molecular weight is 620 g/mol. The first-order chi connectivity index (χ1) is 17.3. The quantitative estimate of drug-likeness (QED) is 0.229. The number of nitrogens with zero attached hydrogens (tertiary/aromatic N) is 1. The Labute approximate surface area is 225 Å². The van der Waals surface area contributed by atoms with E-state index in [9.17, 15) is 19.8 Å². The molecule has 1 aliphatic rings. The summed E-state index contributed by atoms with van der Waals surface area (Å²) in [5.74, 6) is 0.190. The van der Waals surface area contributed by atoms with Gasteiger partial charge in [0.05, 0.1) is 36.5 Å². The molecule has 11 heteroatoms. The van der Waals surface area contributed by atoms with Crippen molar-refractivity contribution in [2.24, 2.45) is 0 Å². The Kier molecular flexibility index (Phi) is 12.9. The first-order valence-corrected chi connectivity index (χ1v) is 13.1. The summed E-state index contributed by atoms with van der Waals surface area (Å²) in [5, 5.41) is 32.7. The van der Waals surface area contributed by atoms with Crippen molar-refractivity contribution in [1.29, 1.82) is 0 Å². The van der Waals surface area contributed by atoms with E-state index in [1.54, 1.807) is 23.1 Å². The second-order valence-corrected chi connectivity index (χ2v) is 9.63. The fraction of sp³-hybridized carbons (Fsp3) is 0.600. The highest BCUT2D eigenvalue weighted by Gasteiger charge is 2.40. The van der Waals surface area contributed by atoms with E-state index in [2.05, 4.69) is 27.9 Å². The Hall–Kier alpha value is -1.93. The Morgan fingerprint density at radius 3 is 2.61 bits per heavy atom. The van der Waals surface area contributed by atoms with Gasteiger partial charge in [0.25, 0.3) is 0 Å². The first-order valence-electron chi connectivity index (χ1n) is 12.0. The molecular formula is C25H37IN2O8. The molecule has 4 N–H and O–H groups in total. The number of aliphatic hydroxyl groups is 3. The van der Waals surface area contributed by atoms with Crippen molar-refractivity contribution < 1.29 is 39.1 Å². The molecule has 1 aliphatic carbocycles. The van der Waals surface area contributed by atoms with Crippen LogP contribution in [0.15, 0.2) is 23.8 Å². The molecule has 36 heavy (non-hydrogen) atoms. The number of rotatable bonds is 14. The van der Waals surface area contributed by atoms with Crippen LogP contribution in [0.2, 0.25) is 0 Å². The average Bonchev–Trinajstić information content (AvgIpc) is 2.88. The molecule has 2 amide bonds. The number of carbonyl (C=O) groups excluding carboxylic acids is 2. The van der Waals surface area contributed by atoms with Crippen LogP contribution in [-0.4, -0.2) is 90.8 Å². The third-order valence-corrected chi connectivity index (χ3v) is 6.74. The molecule has 3 atom stereocenters. The smallest absolute Gasteiger partial charge is 0.247 e. The van der Waals surface area contributed by atoms with Gasteiger partial charge in [0, 0.05) is 38.6 Å². The van der Waals surface area contributed by atoms with Crippen molar-refractivity contribution in [3.8, 4) is 11.5 Å². The molecule has 0 aromatic heterocycles. The van der Waals surface area contributed by atoms with Crippen molar-refractivity contribution in [3.05, 3.63) is 32.9 Å². The van der Waals surface area contributed by atoms with Crippen molar-refractivity contribution in [3.63, 3.8) is 0 Å². The molecule has 0 radical (unpaired) electrons. The topological polar surface area (TPSA) is 138 Å². The number of methoxy groups -OCH3 is 2. The van der Waals surface area contributed by atoms with Crippen LogP contribution < -0.4 is 14.8 Å². The summed E-state index contributed by atoms with van der Waals surface area (Å²) in [4.78, 5) is 27.5. The molecule has 0 fully saturated rings. The first kappa shape index (κ1) is 30.3. The van der Waals surface area contributed by atoms with Gasteiger partial charge in [0.15, 0.2) is 11.5 Å². The Morgan fingerprint density at radius 1 is 1.25 bits per heavy atom. The summed E-state index contributed by atoms with van der Waals surface area (Å²) in [7, 11) is 3.01. The summed E-state index contributed by atoms with van der Waals surface area (Å²) in [6.45, 7) is 2.21. The van der Waals surface area contributed by atoms with Gasteiger partial charge in [0.1, 0.15) is 12.2 Å². The number of nitrogens with one attached hydrogen (secondary N) is 1. The van der Waals surface area contributed by atoms with Gasteiger partial charge < -0.3 is 39.7 Å². The van der Waals surface area contributed by atoms with Crippen LogP contribution in [-0.2, 0) is 20.9 Å². The predicted octanol–water partition coefficient (Wildman–Crippen LogP) is 1.37. The van der Waals surface area contributed by atoms with Crippen LogP contribution in [0.25, 0.3) is 0 Å². The lowest BCUT2D eigenvalue weighted by atomic mass is 9.88. The molecule has 202 valence electrons. The number of carbonyl (C=O) groups is 2. The van der Waals surface area contributed by atoms with E-state index in [1.165, 1.54) is 14.2 Å². The van der Waals surface area contributed by atoms with Crippen molar-refractivity contribution in [2.75, 3.05) is 40.5 Å². The van der Waals surface area contributed by atoms with E-state index < -0.39 is 24.2 Å². The second kappa shape index (κ2) is 15.4.